The highest BCUT2D eigenvalue weighted by Crippen LogP contribution is 2.20. The number of hydrogen-bond acceptors (Lipinski definition) is 2. The summed E-state index contributed by atoms with van der Waals surface area (Å²) in [5.74, 6) is 0.844. The molecule has 1 N–H and O–H groups in total. The maximum absolute atomic E-state index is 3.71. The molecule has 96 valence electrons. The minimum absolute atomic E-state index is 0.396. The van der Waals surface area contributed by atoms with Crippen molar-refractivity contribution < 1.29 is 0 Å². The predicted octanol–water partition coefficient (Wildman–Crippen LogP) is 2.74. The third kappa shape index (κ3) is 4.84. The van der Waals surface area contributed by atoms with E-state index in [1.165, 1.54) is 32.5 Å². The Morgan fingerprint density at radius 1 is 1.38 bits per heavy atom. The molecule has 1 heterocycles. The van der Waals surface area contributed by atoms with Crippen LogP contribution in [0.25, 0.3) is 0 Å². The van der Waals surface area contributed by atoms with Crippen LogP contribution in [0.15, 0.2) is 0 Å². The Bertz CT molecular complexity index is 195. The molecule has 16 heavy (non-hydrogen) atoms. The standard InChI is InChI=1S/C14H30N2/c1-6-16-9-7-8-13(10-16)12(2)15-11-14(3,4)5/h12-13,15H,6-11H2,1-5H3. The Morgan fingerprint density at radius 2 is 2.06 bits per heavy atom. The first kappa shape index (κ1) is 14.0. The lowest BCUT2D eigenvalue weighted by Crippen LogP contribution is -2.46. The van der Waals surface area contributed by atoms with E-state index in [9.17, 15) is 0 Å². The van der Waals surface area contributed by atoms with Crippen molar-refractivity contribution in [2.24, 2.45) is 11.3 Å². The van der Waals surface area contributed by atoms with Crippen molar-refractivity contribution in [2.45, 2.75) is 53.5 Å². The van der Waals surface area contributed by atoms with Crippen LogP contribution in [0.4, 0.5) is 0 Å². The van der Waals surface area contributed by atoms with Crippen molar-refractivity contribution in [2.75, 3.05) is 26.2 Å². The van der Waals surface area contributed by atoms with E-state index in [0.29, 0.717) is 11.5 Å². The van der Waals surface area contributed by atoms with Crippen molar-refractivity contribution in [3.8, 4) is 0 Å². The third-order valence-corrected chi connectivity index (χ3v) is 3.65. The van der Waals surface area contributed by atoms with Gasteiger partial charge < -0.3 is 10.2 Å². The molecule has 1 fully saturated rings. The number of piperidine rings is 1. The van der Waals surface area contributed by atoms with Crippen LogP contribution in [-0.4, -0.2) is 37.1 Å². The fourth-order valence-corrected chi connectivity index (χ4v) is 2.42. The summed E-state index contributed by atoms with van der Waals surface area (Å²) in [4.78, 5) is 2.59. The van der Waals surface area contributed by atoms with E-state index in [1.54, 1.807) is 0 Å². The van der Waals surface area contributed by atoms with Gasteiger partial charge in [-0.05, 0) is 44.2 Å². The highest BCUT2D eigenvalue weighted by molar-refractivity contribution is 4.81. The minimum atomic E-state index is 0.396. The Labute approximate surface area is 102 Å². The molecule has 1 aliphatic heterocycles. The van der Waals surface area contributed by atoms with Crippen LogP contribution in [0.1, 0.15) is 47.5 Å². The summed E-state index contributed by atoms with van der Waals surface area (Å²) in [6.45, 7) is 16.4. The number of hydrogen-bond donors (Lipinski definition) is 1. The maximum atomic E-state index is 3.71. The highest BCUT2D eigenvalue weighted by Gasteiger charge is 2.24. The van der Waals surface area contributed by atoms with Crippen LogP contribution in [0.5, 0.6) is 0 Å². The molecular weight excluding hydrogens is 196 g/mol. The maximum Gasteiger partial charge on any atom is 0.00794 e. The zero-order chi connectivity index (χ0) is 12.2. The quantitative estimate of drug-likeness (QED) is 0.793. The second-order valence-electron chi connectivity index (χ2n) is 6.53. The zero-order valence-corrected chi connectivity index (χ0v) is 11.8. The molecule has 0 aliphatic carbocycles. The van der Waals surface area contributed by atoms with Gasteiger partial charge in [-0.25, -0.2) is 0 Å². The van der Waals surface area contributed by atoms with Crippen molar-refractivity contribution >= 4 is 0 Å². The number of nitrogens with one attached hydrogen (secondary N) is 1. The normalized spacial score (nSPS) is 25.7. The van der Waals surface area contributed by atoms with Crippen LogP contribution in [0, 0.1) is 11.3 Å². The number of rotatable bonds is 4. The second kappa shape index (κ2) is 6.02. The van der Waals surface area contributed by atoms with Crippen molar-refractivity contribution in [1.29, 1.82) is 0 Å². The van der Waals surface area contributed by atoms with Gasteiger partial charge in [-0.1, -0.05) is 27.7 Å². The van der Waals surface area contributed by atoms with Crippen LogP contribution in [0.2, 0.25) is 0 Å². The fraction of sp³-hybridized carbons (Fsp3) is 1.00. The van der Waals surface area contributed by atoms with Crippen LogP contribution in [0.3, 0.4) is 0 Å². The van der Waals surface area contributed by atoms with Gasteiger partial charge in [0, 0.05) is 19.1 Å². The van der Waals surface area contributed by atoms with Gasteiger partial charge in [0.05, 0.1) is 0 Å². The van der Waals surface area contributed by atoms with Crippen LogP contribution >= 0.6 is 0 Å². The van der Waals surface area contributed by atoms with Gasteiger partial charge in [0.1, 0.15) is 0 Å². The van der Waals surface area contributed by atoms with Gasteiger partial charge in [0.2, 0.25) is 0 Å². The van der Waals surface area contributed by atoms with Crippen molar-refractivity contribution in [3.63, 3.8) is 0 Å². The molecule has 2 nitrogen and oxygen atoms in total. The van der Waals surface area contributed by atoms with E-state index < -0.39 is 0 Å². The van der Waals surface area contributed by atoms with Crippen LogP contribution < -0.4 is 5.32 Å². The third-order valence-electron chi connectivity index (χ3n) is 3.65. The average molecular weight is 226 g/mol. The summed E-state index contributed by atoms with van der Waals surface area (Å²) in [7, 11) is 0. The van der Waals surface area contributed by atoms with Crippen molar-refractivity contribution in [1.82, 2.24) is 10.2 Å². The number of nitrogens with zero attached hydrogens (tertiary/aromatic N) is 1. The first-order chi connectivity index (χ1) is 7.42. The average Bonchev–Trinajstić information content (AvgIpc) is 2.25. The molecule has 0 saturated carbocycles. The molecule has 0 amide bonds. The Kier molecular flexibility index (Phi) is 5.26. The van der Waals surface area contributed by atoms with E-state index in [2.05, 4.69) is 44.8 Å². The lowest BCUT2D eigenvalue weighted by atomic mass is 9.90. The van der Waals surface area contributed by atoms with E-state index in [1.807, 2.05) is 0 Å². The molecule has 0 spiro atoms. The Balaban J connectivity index is 2.32. The van der Waals surface area contributed by atoms with Gasteiger partial charge >= 0.3 is 0 Å². The van der Waals surface area contributed by atoms with E-state index in [4.69, 9.17) is 0 Å². The molecule has 0 bridgehead atoms. The molecule has 2 atom stereocenters. The molecule has 0 aromatic carbocycles. The summed E-state index contributed by atoms with van der Waals surface area (Å²) in [6, 6.07) is 0.661. The lowest BCUT2D eigenvalue weighted by molar-refractivity contribution is 0.152. The minimum Gasteiger partial charge on any atom is -0.313 e. The molecule has 2 heteroatoms. The Hall–Kier alpha value is -0.0800. The summed E-state index contributed by atoms with van der Waals surface area (Å²) in [5.41, 5.74) is 0.396. The van der Waals surface area contributed by atoms with Gasteiger partial charge in [-0.2, -0.15) is 0 Å². The van der Waals surface area contributed by atoms with E-state index in [0.717, 1.165) is 12.5 Å². The molecule has 1 rings (SSSR count). The summed E-state index contributed by atoms with van der Waals surface area (Å²) < 4.78 is 0. The van der Waals surface area contributed by atoms with Gasteiger partial charge in [-0.15, -0.1) is 0 Å². The van der Waals surface area contributed by atoms with E-state index in [-0.39, 0.29) is 0 Å². The summed E-state index contributed by atoms with van der Waals surface area (Å²) in [6.07, 6.45) is 2.77. The smallest absolute Gasteiger partial charge is 0.00794 e. The fourth-order valence-electron chi connectivity index (χ4n) is 2.42. The SMILES string of the molecule is CCN1CCCC(C(C)NCC(C)(C)C)C1. The first-order valence-electron chi connectivity index (χ1n) is 6.88. The largest absolute Gasteiger partial charge is 0.313 e. The highest BCUT2D eigenvalue weighted by atomic mass is 15.1. The van der Waals surface area contributed by atoms with Gasteiger partial charge in [0.25, 0.3) is 0 Å². The monoisotopic (exact) mass is 226 g/mol. The molecule has 1 aliphatic rings. The van der Waals surface area contributed by atoms with Crippen molar-refractivity contribution in [3.05, 3.63) is 0 Å². The Morgan fingerprint density at radius 3 is 2.62 bits per heavy atom. The number of likely N-dealkylation sites (tertiary alicyclic amines) is 1. The second-order valence-corrected chi connectivity index (χ2v) is 6.53. The molecule has 0 aromatic heterocycles. The summed E-state index contributed by atoms with van der Waals surface area (Å²) in [5, 5.41) is 3.71. The van der Waals surface area contributed by atoms with Crippen LogP contribution in [-0.2, 0) is 0 Å². The molecule has 0 radical (unpaired) electrons. The molecule has 1 saturated heterocycles. The predicted molar refractivity (Wildman–Crippen MR) is 71.8 cm³/mol. The topological polar surface area (TPSA) is 15.3 Å². The lowest BCUT2D eigenvalue weighted by Gasteiger charge is -2.36. The molecular formula is C14H30N2. The van der Waals surface area contributed by atoms with Gasteiger partial charge in [0.15, 0.2) is 0 Å². The molecule has 2 unspecified atom stereocenters. The van der Waals surface area contributed by atoms with Gasteiger partial charge in [-0.3, -0.25) is 0 Å². The zero-order valence-electron chi connectivity index (χ0n) is 11.8. The van der Waals surface area contributed by atoms with E-state index >= 15 is 0 Å². The molecule has 0 aromatic rings. The summed E-state index contributed by atoms with van der Waals surface area (Å²) >= 11 is 0. The first-order valence-corrected chi connectivity index (χ1v) is 6.88.